The van der Waals surface area contributed by atoms with Crippen LogP contribution in [0.3, 0.4) is 0 Å². The summed E-state index contributed by atoms with van der Waals surface area (Å²) in [6.45, 7) is 5.29. The Labute approximate surface area is 119 Å². The number of carbonyl (C=O) groups excluding carboxylic acids is 2. The van der Waals surface area contributed by atoms with Crippen molar-refractivity contribution in [1.82, 2.24) is 0 Å². The Kier molecular flexibility index (Phi) is 6.18. The first-order valence-corrected chi connectivity index (χ1v) is 6.82. The summed E-state index contributed by atoms with van der Waals surface area (Å²) in [6.07, 6.45) is 2.05. The smallest absolute Gasteiger partial charge is 0.224 e. The Hall–Kier alpha value is -1.88. The van der Waals surface area contributed by atoms with Gasteiger partial charge in [-0.05, 0) is 44.4 Å². The van der Waals surface area contributed by atoms with Crippen molar-refractivity contribution in [2.45, 2.75) is 46.1 Å². The van der Waals surface area contributed by atoms with E-state index in [2.05, 4.69) is 10.6 Å². The minimum Gasteiger partial charge on any atom is -0.328 e. The van der Waals surface area contributed by atoms with Crippen LogP contribution in [0.1, 0.15) is 38.7 Å². The summed E-state index contributed by atoms with van der Waals surface area (Å²) in [4.78, 5) is 22.9. The van der Waals surface area contributed by atoms with Gasteiger partial charge >= 0.3 is 0 Å². The number of nitrogens with two attached hydrogens (primary N) is 1. The molecule has 0 aromatic heterocycles. The van der Waals surface area contributed by atoms with Crippen LogP contribution < -0.4 is 16.4 Å². The van der Waals surface area contributed by atoms with Gasteiger partial charge in [0.2, 0.25) is 11.8 Å². The molecule has 110 valence electrons. The molecule has 1 atom stereocenters. The Morgan fingerprint density at radius 2 is 2.00 bits per heavy atom. The number of nitrogens with one attached hydrogen (secondary N) is 2. The maximum absolute atomic E-state index is 11.8. The summed E-state index contributed by atoms with van der Waals surface area (Å²) in [5, 5.41) is 5.56. The molecule has 0 bridgehead atoms. The molecule has 0 fully saturated rings. The highest BCUT2D eigenvalue weighted by Crippen LogP contribution is 2.20. The number of carbonyl (C=O) groups is 2. The van der Waals surface area contributed by atoms with Crippen LogP contribution in [0.5, 0.6) is 0 Å². The molecule has 20 heavy (non-hydrogen) atoms. The Morgan fingerprint density at radius 1 is 1.30 bits per heavy atom. The van der Waals surface area contributed by atoms with Crippen LogP contribution in [-0.2, 0) is 9.59 Å². The highest BCUT2D eigenvalue weighted by Gasteiger charge is 2.06. The largest absolute Gasteiger partial charge is 0.328 e. The van der Waals surface area contributed by atoms with E-state index in [0.717, 1.165) is 18.4 Å². The predicted octanol–water partition coefficient (Wildman–Crippen LogP) is 2.41. The number of aryl methyl sites for hydroxylation is 1. The van der Waals surface area contributed by atoms with Gasteiger partial charge < -0.3 is 16.4 Å². The van der Waals surface area contributed by atoms with Gasteiger partial charge in [-0.1, -0.05) is 6.07 Å². The van der Waals surface area contributed by atoms with Gasteiger partial charge in [0, 0.05) is 30.8 Å². The van der Waals surface area contributed by atoms with Gasteiger partial charge in [-0.3, -0.25) is 9.59 Å². The minimum atomic E-state index is -0.131. The van der Waals surface area contributed by atoms with Gasteiger partial charge in [0.15, 0.2) is 0 Å². The molecule has 0 heterocycles. The molecular weight excluding hydrogens is 254 g/mol. The van der Waals surface area contributed by atoms with Crippen molar-refractivity contribution in [3.63, 3.8) is 0 Å². The standard InChI is InChI=1S/C15H23N3O2/c1-10-7-8-13(9-14(10)17-12(3)19)18-15(20)6-4-5-11(2)16/h7-9,11H,4-6,16H2,1-3H3,(H,17,19)(H,18,20). The fourth-order valence-corrected chi connectivity index (χ4v) is 1.83. The number of hydrogen-bond acceptors (Lipinski definition) is 3. The molecule has 1 aromatic rings. The lowest BCUT2D eigenvalue weighted by molar-refractivity contribution is -0.116. The van der Waals surface area contributed by atoms with E-state index in [1.54, 1.807) is 6.07 Å². The SMILES string of the molecule is CC(=O)Nc1cc(NC(=O)CCCC(C)N)ccc1C. The first kappa shape index (κ1) is 16.2. The quantitative estimate of drug-likeness (QED) is 0.746. The second kappa shape index (κ2) is 7.65. The molecule has 0 spiro atoms. The van der Waals surface area contributed by atoms with Gasteiger partial charge in [-0.15, -0.1) is 0 Å². The predicted molar refractivity (Wildman–Crippen MR) is 81.6 cm³/mol. The van der Waals surface area contributed by atoms with Crippen molar-refractivity contribution in [3.8, 4) is 0 Å². The molecule has 5 nitrogen and oxygen atoms in total. The molecule has 4 N–H and O–H groups in total. The summed E-state index contributed by atoms with van der Waals surface area (Å²) in [5.74, 6) is -0.170. The van der Waals surface area contributed by atoms with Gasteiger partial charge in [0.1, 0.15) is 0 Å². The topological polar surface area (TPSA) is 84.2 Å². The molecule has 0 radical (unpaired) electrons. The zero-order valence-electron chi connectivity index (χ0n) is 12.3. The number of amides is 2. The first-order valence-electron chi connectivity index (χ1n) is 6.82. The van der Waals surface area contributed by atoms with E-state index < -0.39 is 0 Å². The van der Waals surface area contributed by atoms with Crippen LogP contribution in [0.2, 0.25) is 0 Å². The van der Waals surface area contributed by atoms with E-state index in [4.69, 9.17) is 5.73 Å². The molecule has 0 aliphatic heterocycles. The zero-order valence-corrected chi connectivity index (χ0v) is 12.3. The Balaban J connectivity index is 2.59. The second-order valence-corrected chi connectivity index (χ2v) is 5.13. The molecule has 0 saturated heterocycles. The third-order valence-electron chi connectivity index (χ3n) is 2.90. The number of benzene rings is 1. The average molecular weight is 277 g/mol. The molecule has 0 aliphatic carbocycles. The van der Waals surface area contributed by atoms with E-state index in [0.29, 0.717) is 17.8 Å². The van der Waals surface area contributed by atoms with Gasteiger partial charge in [0.25, 0.3) is 0 Å². The van der Waals surface area contributed by atoms with E-state index in [9.17, 15) is 9.59 Å². The van der Waals surface area contributed by atoms with Crippen molar-refractivity contribution in [1.29, 1.82) is 0 Å². The van der Waals surface area contributed by atoms with Gasteiger partial charge in [-0.25, -0.2) is 0 Å². The zero-order chi connectivity index (χ0) is 15.1. The van der Waals surface area contributed by atoms with Crippen molar-refractivity contribution in [3.05, 3.63) is 23.8 Å². The fourth-order valence-electron chi connectivity index (χ4n) is 1.83. The molecule has 5 heteroatoms. The number of rotatable bonds is 6. The lowest BCUT2D eigenvalue weighted by Crippen LogP contribution is -2.17. The average Bonchev–Trinajstić information content (AvgIpc) is 2.32. The lowest BCUT2D eigenvalue weighted by Gasteiger charge is -2.11. The summed E-state index contributed by atoms with van der Waals surface area (Å²) in [5.41, 5.74) is 8.00. The number of hydrogen-bond donors (Lipinski definition) is 3. The molecule has 0 aliphatic rings. The highest BCUT2D eigenvalue weighted by atomic mass is 16.2. The summed E-state index contributed by atoms with van der Waals surface area (Å²) in [7, 11) is 0. The van der Waals surface area contributed by atoms with E-state index in [-0.39, 0.29) is 17.9 Å². The number of anilines is 2. The van der Waals surface area contributed by atoms with Gasteiger partial charge in [-0.2, -0.15) is 0 Å². The summed E-state index contributed by atoms with van der Waals surface area (Å²) in [6, 6.07) is 5.57. The molecule has 1 aromatic carbocycles. The third kappa shape index (κ3) is 5.84. The van der Waals surface area contributed by atoms with Crippen molar-refractivity contribution in [2.75, 3.05) is 10.6 Å². The van der Waals surface area contributed by atoms with Crippen LogP contribution in [0.25, 0.3) is 0 Å². The maximum atomic E-state index is 11.8. The Bertz CT molecular complexity index is 484. The van der Waals surface area contributed by atoms with Crippen molar-refractivity contribution < 1.29 is 9.59 Å². The van der Waals surface area contributed by atoms with Crippen LogP contribution in [-0.4, -0.2) is 17.9 Å². The molecule has 0 saturated carbocycles. The molecule has 1 rings (SSSR count). The normalized spacial score (nSPS) is 11.8. The first-order chi connectivity index (χ1) is 9.38. The van der Waals surface area contributed by atoms with Crippen LogP contribution in [0.15, 0.2) is 18.2 Å². The maximum Gasteiger partial charge on any atom is 0.224 e. The van der Waals surface area contributed by atoms with Gasteiger partial charge in [0.05, 0.1) is 0 Å². The monoisotopic (exact) mass is 277 g/mol. The van der Waals surface area contributed by atoms with E-state index in [1.807, 2.05) is 26.0 Å². The second-order valence-electron chi connectivity index (χ2n) is 5.13. The summed E-state index contributed by atoms with van der Waals surface area (Å²) < 4.78 is 0. The molecule has 2 amide bonds. The minimum absolute atomic E-state index is 0.0386. The lowest BCUT2D eigenvalue weighted by atomic mass is 10.1. The third-order valence-corrected chi connectivity index (χ3v) is 2.90. The van der Waals surface area contributed by atoms with E-state index in [1.165, 1.54) is 6.92 Å². The van der Waals surface area contributed by atoms with Crippen LogP contribution >= 0.6 is 0 Å². The van der Waals surface area contributed by atoms with Crippen LogP contribution in [0.4, 0.5) is 11.4 Å². The summed E-state index contributed by atoms with van der Waals surface area (Å²) >= 11 is 0. The molecule has 1 unspecified atom stereocenters. The fraction of sp³-hybridized carbons (Fsp3) is 0.467. The van der Waals surface area contributed by atoms with Crippen molar-refractivity contribution >= 4 is 23.2 Å². The molecular formula is C15H23N3O2. The van der Waals surface area contributed by atoms with Crippen molar-refractivity contribution in [2.24, 2.45) is 5.73 Å². The van der Waals surface area contributed by atoms with Crippen LogP contribution in [0, 0.1) is 6.92 Å². The Morgan fingerprint density at radius 3 is 2.60 bits per heavy atom. The highest BCUT2D eigenvalue weighted by molar-refractivity contribution is 5.93. The van der Waals surface area contributed by atoms with E-state index >= 15 is 0 Å².